The fourth-order valence-electron chi connectivity index (χ4n) is 1.39. The van der Waals surface area contributed by atoms with E-state index < -0.39 is 53.9 Å². The van der Waals surface area contributed by atoms with E-state index in [1.54, 1.807) is 0 Å². The van der Waals surface area contributed by atoms with Crippen LogP contribution in [-0.4, -0.2) is 19.7 Å². The van der Waals surface area contributed by atoms with Crippen LogP contribution < -0.4 is 5.73 Å². The normalized spacial score (nSPS) is 10.1. The van der Waals surface area contributed by atoms with Gasteiger partial charge in [-0.3, -0.25) is 40.5 Å². The number of anilines is 1. The smallest absolute Gasteiger partial charge is 0.387 e. The van der Waals surface area contributed by atoms with Gasteiger partial charge in [-0.25, -0.2) is 0 Å². The number of nitrogen functional groups attached to an aromatic ring is 1. The van der Waals surface area contributed by atoms with Crippen LogP contribution in [0.25, 0.3) is 0 Å². The summed E-state index contributed by atoms with van der Waals surface area (Å²) < 4.78 is 13.6. The maximum atomic E-state index is 13.6. The molecule has 0 fully saturated rings. The van der Waals surface area contributed by atoms with Crippen molar-refractivity contribution >= 4 is 28.4 Å². The number of nitro groups is 4. The number of halogens is 1. The van der Waals surface area contributed by atoms with Crippen molar-refractivity contribution in [2.24, 2.45) is 0 Å². The lowest BCUT2D eigenvalue weighted by Gasteiger charge is -2.02. The van der Waals surface area contributed by atoms with Gasteiger partial charge in [0.15, 0.2) is 0 Å². The Balaban J connectivity index is 4.10. The van der Waals surface area contributed by atoms with E-state index in [0.717, 1.165) is 0 Å². The first-order valence-corrected chi connectivity index (χ1v) is 4.33. The Labute approximate surface area is 106 Å². The highest BCUT2D eigenvalue weighted by Crippen LogP contribution is 2.47. The van der Waals surface area contributed by atoms with Crippen molar-refractivity contribution in [1.82, 2.24) is 0 Å². The van der Waals surface area contributed by atoms with Gasteiger partial charge in [0.1, 0.15) is 0 Å². The maximum absolute atomic E-state index is 13.6. The van der Waals surface area contributed by atoms with Gasteiger partial charge >= 0.3 is 22.7 Å². The molecule has 0 saturated heterocycles. The first-order valence-electron chi connectivity index (χ1n) is 4.33. The third-order valence-corrected chi connectivity index (χ3v) is 2.10. The van der Waals surface area contributed by atoms with E-state index in [1.165, 1.54) is 0 Å². The van der Waals surface area contributed by atoms with Crippen LogP contribution >= 0.6 is 0 Å². The van der Waals surface area contributed by atoms with Crippen LogP contribution in [0.15, 0.2) is 0 Å². The topological polar surface area (TPSA) is 199 Å². The molecule has 0 atom stereocenters. The van der Waals surface area contributed by atoms with Crippen LogP contribution in [-0.2, 0) is 0 Å². The van der Waals surface area contributed by atoms with Gasteiger partial charge in [0.25, 0.3) is 5.82 Å². The van der Waals surface area contributed by atoms with Crippen molar-refractivity contribution in [3.8, 4) is 0 Å². The Kier molecular flexibility index (Phi) is 3.41. The first-order chi connectivity index (χ1) is 9.11. The molecule has 0 amide bonds. The lowest BCUT2D eigenvalue weighted by molar-refractivity contribution is -0.436. The van der Waals surface area contributed by atoms with E-state index in [2.05, 4.69) is 0 Å². The number of hydrogen-bond donors (Lipinski definition) is 1. The van der Waals surface area contributed by atoms with Crippen molar-refractivity contribution in [3.63, 3.8) is 0 Å². The number of benzene rings is 1. The van der Waals surface area contributed by atoms with Gasteiger partial charge in [0.05, 0.1) is 19.7 Å². The average Bonchev–Trinajstić information content (AvgIpc) is 2.28. The zero-order valence-electron chi connectivity index (χ0n) is 9.01. The van der Waals surface area contributed by atoms with Gasteiger partial charge in [-0.15, -0.1) is 0 Å². The summed E-state index contributed by atoms with van der Waals surface area (Å²) in [6, 6.07) is 0. The molecule has 0 aliphatic rings. The molecular weight excluding hydrogens is 289 g/mol. The fourth-order valence-corrected chi connectivity index (χ4v) is 1.39. The van der Waals surface area contributed by atoms with E-state index >= 15 is 0 Å². The van der Waals surface area contributed by atoms with Gasteiger partial charge in [-0.2, -0.15) is 4.39 Å². The molecule has 0 aliphatic heterocycles. The fraction of sp³-hybridized carbons (Fsp3) is 0. The molecule has 0 spiro atoms. The van der Waals surface area contributed by atoms with Gasteiger partial charge in [-0.1, -0.05) is 0 Å². The van der Waals surface area contributed by atoms with E-state index in [9.17, 15) is 44.8 Å². The highest BCUT2D eigenvalue weighted by atomic mass is 19.1. The van der Waals surface area contributed by atoms with Crippen molar-refractivity contribution < 1.29 is 24.1 Å². The quantitative estimate of drug-likeness (QED) is 0.477. The first kappa shape index (κ1) is 14.6. The van der Waals surface area contributed by atoms with Crippen LogP contribution in [0, 0.1) is 46.3 Å². The van der Waals surface area contributed by atoms with Crippen molar-refractivity contribution in [1.29, 1.82) is 0 Å². The third kappa shape index (κ3) is 2.00. The molecule has 0 unspecified atom stereocenters. The molecular formula is C6H2FN5O8. The van der Waals surface area contributed by atoms with Gasteiger partial charge in [-0.05, 0) is 0 Å². The predicted molar refractivity (Wildman–Crippen MR) is 57.4 cm³/mol. The largest absolute Gasteiger partial charge is 0.391 e. The van der Waals surface area contributed by atoms with Crippen LogP contribution in [0.3, 0.4) is 0 Å². The van der Waals surface area contributed by atoms with Crippen molar-refractivity contribution in [2.75, 3.05) is 5.73 Å². The molecule has 0 radical (unpaired) electrons. The summed E-state index contributed by atoms with van der Waals surface area (Å²) in [4.78, 5) is 36.1. The van der Waals surface area contributed by atoms with E-state index in [0.29, 0.717) is 0 Å². The standard InChI is InChI=1S/C6H2FN5O8/c7-1-3(9(13)14)5(11(17)18)2(8)6(12(19)20)4(1)10(15)16/h8H2. The molecule has 20 heavy (non-hydrogen) atoms. The minimum atomic E-state index is -2.31. The second kappa shape index (κ2) is 4.67. The zero-order valence-corrected chi connectivity index (χ0v) is 9.01. The molecule has 1 rings (SSSR count). The lowest BCUT2D eigenvalue weighted by atomic mass is 10.1. The number of nitrogens with zero attached hydrogens (tertiary/aromatic N) is 4. The minimum absolute atomic E-state index is 1.47. The van der Waals surface area contributed by atoms with Crippen LogP contribution in [0.5, 0.6) is 0 Å². The molecule has 0 aliphatic carbocycles. The third-order valence-electron chi connectivity index (χ3n) is 2.10. The van der Waals surface area contributed by atoms with Crippen LogP contribution in [0.2, 0.25) is 0 Å². The molecule has 1 aromatic carbocycles. The molecule has 0 bridgehead atoms. The van der Waals surface area contributed by atoms with Crippen LogP contribution in [0.1, 0.15) is 0 Å². The summed E-state index contributed by atoms with van der Waals surface area (Å²) in [6.07, 6.45) is 0. The lowest BCUT2D eigenvalue weighted by Crippen LogP contribution is -2.10. The summed E-state index contributed by atoms with van der Waals surface area (Å²) in [7, 11) is 0. The summed E-state index contributed by atoms with van der Waals surface area (Å²) in [6.45, 7) is 0. The Morgan fingerprint density at radius 3 is 1.15 bits per heavy atom. The Morgan fingerprint density at radius 2 is 0.950 bits per heavy atom. The van der Waals surface area contributed by atoms with Crippen molar-refractivity contribution in [2.45, 2.75) is 0 Å². The highest BCUT2D eigenvalue weighted by Gasteiger charge is 2.48. The van der Waals surface area contributed by atoms with E-state index in [-0.39, 0.29) is 0 Å². The summed E-state index contributed by atoms with van der Waals surface area (Å²) in [5.74, 6) is -2.31. The summed E-state index contributed by atoms with van der Waals surface area (Å²) in [5.41, 5.74) is -3.76. The number of nitrogens with two attached hydrogens (primary N) is 1. The Hall–Kier alpha value is -3.45. The second-order valence-corrected chi connectivity index (χ2v) is 3.15. The molecule has 2 N–H and O–H groups in total. The maximum Gasteiger partial charge on any atom is 0.391 e. The summed E-state index contributed by atoms with van der Waals surface area (Å²) in [5, 5.41) is 42.4. The number of rotatable bonds is 4. The molecule has 0 heterocycles. The monoisotopic (exact) mass is 291 g/mol. The number of hydrogen-bond acceptors (Lipinski definition) is 9. The molecule has 0 aromatic heterocycles. The average molecular weight is 291 g/mol. The Bertz CT molecular complexity index is 562. The highest BCUT2D eigenvalue weighted by molar-refractivity contribution is 5.85. The van der Waals surface area contributed by atoms with Gasteiger partial charge in [0.2, 0.25) is 5.69 Å². The van der Waals surface area contributed by atoms with Crippen LogP contribution in [0.4, 0.5) is 32.8 Å². The minimum Gasteiger partial charge on any atom is -0.387 e. The molecule has 0 saturated carbocycles. The molecule has 106 valence electrons. The van der Waals surface area contributed by atoms with Crippen molar-refractivity contribution in [3.05, 3.63) is 46.3 Å². The molecule has 1 aromatic rings. The van der Waals surface area contributed by atoms with Gasteiger partial charge < -0.3 is 5.73 Å². The van der Waals surface area contributed by atoms with E-state index in [4.69, 9.17) is 5.73 Å². The summed E-state index contributed by atoms with van der Waals surface area (Å²) >= 11 is 0. The molecule has 14 heteroatoms. The van der Waals surface area contributed by atoms with E-state index in [1.807, 2.05) is 0 Å². The SMILES string of the molecule is Nc1c([N+](=O)[O-])c([N+](=O)[O-])c(F)c([N+](=O)[O-])c1[N+](=O)[O-]. The predicted octanol–water partition coefficient (Wildman–Crippen LogP) is 1.04. The zero-order chi connectivity index (χ0) is 15.8. The molecule has 13 nitrogen and oxygen atoms in total. The van der Waals surface area contributed by atoms with Gasteiger partial charge in [0, 0.05) is 0 Å². The Morgan fingerprint density at radius 1 is 0.700 bits per heavy atom. The second-order valence-electron chi connectivity index (χ2n) is 3.15. The number of nitro benzene ring substituents is 4.